The normalized spacial score (nSPS) is 10.5. The van der Waals surface area contributed by atoms with Crippen LogP contribution >= 0.6 is 0 Å². The number of anilines is 1. The van der Waals surface area contributed by atoms with E-state index in [0.717, 1.165) is 5.56 Å². The number of carbonyl (C=O) groups is 1. The van der Waals surface area contributed by atoms with Crippen molar-refractivity contribution in [3.63, 3.8) is 0 Å². The summed E-state index contributed by atoms with van der Waals surface area (Å²) < 4.78 is 13.6. The highest BCUT2D eigenvalue weighted by molar-refractivity contribution is 6.04. The molecular formula is C17H14FN3O. The monoisotopic (exact) mass is 295 g/mol. The zero-order valence-corrected chi connectivity index (χ0v) is 11.9. The van der Waals surface area contributed by atoms with Crippen molar-refractivity contribution >= 4 is 11.6 Å². The first kappa shape index (κ1) is 14.0. The van der Waals surface area contributed by atoms with Crippen LogP contribution in [0.1, 0.15) is 16.2 Å². The zero-order valence-electron chi connectivity index (χ0n) is 11.9. The first-order chi connectivity index (χ1) is 10.6. The Bertz CT molecular complexity index is 812. The molecule has 22 heavy (non-hydrogen) atoms. The minimum Gasteiger partial charge on any atom is -0.341 e. The summed E-state index contributed by atoms with van der Waals surface area (Å²) in [6.07, 6.45) is 0. The number of imidazole rings is 1. The predicted octanol–water partition coefficient (Wildman–Crippen LogP) is 3.78. The molecule has 0 fully saturated rings. The smallest absolute Gasteiger partial charge is 0.276 e. The third kappa shape index (κ3) is 2.74. The lowest BCUT2D eigenvalue weighted by Gasteiger charge is -2.04. The van der Waals surface area contributed by atoms with Crippen LogP contribution in [0.25, 0.3) is 11.4 Å². The fourth-order valence-corrected chi connectivity index (χ4v) is 2.16. The van der Waals surface area contributed by atoms with Gasteiger partial charge < -0.3 is 10.3 Å². The molecule has 1 aromatic heterocycles. The van der Waals surface area contributed by atoms with E-state index in [0.29, 0.717) is 11.5 Å². The summed E-state index contributed by atoms with van der Waals surface area (Å²) in [6.45, 7) is 1.76. The lowest BCUT2D eigenvalue weighted by Crippen LogP contribution is -2.14. The molecule has 0 unspecified atom stereocenters. The van der Waals surface area contributed by atoms with Gasteiger partial charge in [0, 0.05) is 11.3 Å². The van der Waals surface area contributed by atoms with Crippen LogP contribution in [-0.4, -0.2) is 15.9 Å². The minimum absolute atomic E-state index is 0.135. The van der Waals surface area contributed by atoms with Crippen LogP contribution in [0.2, 0.25) is 0 Å². The summed E-state index contributed by atoms with van der Waals surface area (Å²) in [5.41, 5.74) is 1.90. The largest absolute Gasteiger partial charge is 0.341 e. The number of aromatic nitrogens is 2. The molecule has 1 heterocycles. The number of aryl methyl sites for hydroxylation is 1. The van der Waals surface area contributed by atoms with Gasteiger partial charge in [0.15, 0.2) is 0 Å². The van der Waals surface area contributed by atoms with Crippen LogP contribution in [0.3, 0.4) is 0 Å². The Morgan fingerprint density at radius 3 is 2.50 bits per heavy atom. The summed E-state index contributed by atoms with van der Waals surface area (Å²) in [6, 6.07) is 15.5. The highest BCUT2D eigenvalue weighted by Crippen LogP contribution is 2.19. The van der Waals surface area contributed by atoms with Crippen molar-refractivity contribution < 1.29 is 9.18 Å². The van der Waals surface area contributed by atoms with Crippen molar-refractivity contribution in [3.05, 3.63) is 71.8 Å². The molecule has 110 valence electrons. The molecule has 0 aliphatic heterocycles. The lowest BCUT2D eigenvalue weighted by molar-refractivity contribution is 0.102. The van der Waals surface area contributed by atoms with E-state index in [1.54, 1.807) is 19.1 Å². The van der Waals surface area contributed by atoms with Gasteiger partial charge in [-0.2, -0.15) is 0 Å². The molecule has 0 bridgehead atoms. The molecule has 3 rings (SSSR count). The first-order valence-electron chi connectivity index (χ1n) is 6.83. The molecule has 0 aliphatic rings. The third-order valence-corrected chi connectivity index (χ3v) is 3.27. The quantitative estimate of drug-likeness (QED) is 0.772. The molecule has 0 saturated heterocycles. The van der Waals surface area contributed by atoms with Gasteiger partial charge in [0.1, 0.15) is 17.3 Å². The van der Waals surface area contributed by atoms with Crippen molar-refractivity contribution in [2.24, 2.45) is 0 Å². The van der Waals surface area contributed by atoms with Crippen molar-refractivity contribution in [1.82, 2.24) is 9.97 Å². The second-order valence-corrected chi connectivity index (χ2v) is 4.86. The number of para-hydroxylation sites is 1. The van der Waals surface area contributed by atoms with Crippen LogP contribution in [-0.2, 0) is 0 Å². The highest BCUT2D eigenvalue weighted by atomic mass is 19.1. The third-order valence-electron chi connectivity index (χ3n) is 3.27. The van der Waals surface area contributed by atoms with Crippen molar-refractivity contribution in [2.75, 3.05) is 5.32 Å². The van der Waals surface area contributed by atoms with E-state index >= 15 is 0 Å². The highest BCUT2D eigenvalue weighted by Gasteiger charge is 2.16. The average Bonchev–Trinajstić information content (AvgIpc) is 2.92. The first-order valence-corrected chi connectivity index (χ1v) is 6.83. The maximum Gasteiger partial charge on any atom is 0.276 e. The second kappa shape index (κ2) is 5.81. The van der Waals surface area contributed by atoms with Crippen molar-refractivity contribution in [2.45, 2.75) is 6.92 Å². The topological polar surface area (TPSA) is 57.8 Å². The van der Waals surface area contributed by atoms with Crippen LogP contribution < -0.4 is 5.32 Å². The summed E-state index contributed by atoms with van der Waals surface area (Å²) in [5, 5.41) is 2.54. The molecule has 1 amide bonds. The minimum atomic E-state index is -0.479. The Balaban J connectivity index is 1.88. The van der Waals surface area contributed by atoms with Gasteiger partial charge in [0.2, 0.25) is 0 Å². The molecule has 0 radical (unpaired) electrons. The van der Waals surface area contributed by atoms with Gasteiger partial charge >= 0.3 is 0 Å². The van der Waals surface area contributed by atoms with Gasteiger partial charge in [0.25, 0.3) is 5.91 Å². The Hall–Kier alpha value is -2.95. The van der Waals surface area contributed by atoms with Gasteiger partial charge in [-0.1, -0.05) is 42.5 Å². The lowest BCUT2D eigenvalue weighted by atomic mass is 10.2. The number of carbonyl (C=O) groups excluding carboxylic acids is 1. The Kier molecular flexibility index (Phi) is 3.70. The van der Waals surface area contributed by atoms with Crippen LogP contribution in [0, 0.1) is 12.7 Å². The molecular weight excluding hydrogens is 281 g/mol. The molecule has 3 aromatic rings. The van der Waals surface area contributed by atoms with Crippen molar-refractivity contribution in [3.8, 4) is 11.4 Å². The number of rotatable bonds is 3. The van der Waals surface area contributed by atoms with E-state index in [9.17, 15) is 9.18 Å². The summed E-state index contributed by atoms with van der Waals surface area (Å²) >= 11 is 0. The molecule has 0 saturated carbocycles. The number of hydrogen-bond acceptors (Lipinski definition) is 2. The standard InChI is InChI=1S/C17H14FN3O/c1-11-15(17(22)20-14-10-6-5-9-13(14)18)21-16(19-11)12-7-3-2-4-8-12/h2-10H,1H3,(H,19,21)(H,20,22). The van der Waals surface area contributed by atoms with Crippen LogP contribution in [0.5, 0.6) is 0 Å². The number of nitrogens with zero attached hydrogens (tertiary/aromatic N) is 1. The number of halogens is 1. The fourth-order valence-electron chi connectivity index (χ4n) is 2.16. The molecule has 2 aromatic carbocycles. The Labute approximate surface area is 127 Å². The maximum absolute atomic E-state index is 13.6. The van der Waals surface area contributed by atoms with Crippen LogP contribution in [0.4, 0.5) is 10.1 Å². The summed E-state index contributed by atoms with van der Waals surface area (Å²) in [7, 11) is 0. The van der Waals surface area contributed by atoms with Gasteiger partial charge in [-0.3, -0.25) is 4.79 Å². The number of amides is 1. The van der Waals surface area contributed by atoms with E-state index in [-0.39, 0.29) is 11.4 Å². The predicted molar refractivity (Wildman–Crippen MR) is 83.1 cm³/mol. The number of nitrogens with one attached hydrogen (secondary N) is 2. The maximum atomic E-state index is 13.6. The number of H-pyrrole nitrogens is 1. The molecule has 4 nitrogen and oxygen atoms in total. The Morgan fingerprint density at radius 1 is 1.09 bits per heavy atom. The van der Waals surface area contributed by atoms with E-state index < -0.39 is 11.7 Å². The van der Waals surface area contributed by atoms with E-state index in [2.05, 4.69) is 15.3 Å². The number of hydrogen-bond donors (Lipinski definition) is 2. The summed E-state index contributed by atoms with van der Waals surface area (Å²) in [5.74, 6) is -0.315. The van der Waals surface area contributed by atoms with Gasteiger partial charge in [-0.25, -0.2) is 9.37 Å². The Morgan fingerprint density at radius 2 is 1.77 bits per heavy atom. The SMILES string of the molecule is Cc1[nH]c(-c2ccccc2)nc1C(=O)Nc1ccccc1F. The van der Waals surface area contributed by atoms with Crippen molar-refractivity contribution in [1.29, 1.82) is 0 Å². The van der Waals surface area contributed by atoms with E-state index in [1.807, 2.05) is 30.3 Å². The summed E-state index contributed by atoms with van der Waals surface area (Å²) in [4.78, 5) is 19.7. The van der Waals surface area contributed by atoms with Crippen LogP contribution in [0.15, 0.2) is 54.6 Å². The number of benzene rings is 2. The molecule has 5 heteroatoms. The van der Waals surface area contributed by atoms with E-state index in [4.69, 9.17) is 0 Å². The number of aromatic amines is 1. The zero-order chi connectivity index (χ0) is 15.5. The molecule has 0 atom stereocenters. The molecule has 0 aliphatic carbocycles. The molecule has 0 spiro atoms. The average molecular weight is 295 g/mol. The second-order valence-electron chi connectivity index (χ2n) is 4.86. The van der Waals surface area contributed by atoms with E-state index in [1.165, 1.54) is 12.1 Å². The fraction of sp³-hybridized carbons (Fsp3) is 0.0588. The van der Waals surface area contributed by atoms with Gasteiger partial charge in [-0.15, -0.1) is 0 Å². The van der Waals surface area contributed by atoms with Gasteiger partial charge in [0.05, 0.1) is 5.69 Å². The van der Waals surface area contributed by atoms with Gasteiger partial charge in [-0.05, 0) is 19.1 Å². The molecule has 2 N–H and O–H groups in total.